The number of hydrogen-bond acceptors (Lipinski definition) is 4. The van der Waals surface area contributed by atoms with Crippen LogP contribution in [0.4, 0.5) is 0 Å². The highest BCUT2D eigenvalue weighted by Crippen LogP contribution is 2.15. The Balaban J connectivity index is 2.04. The number of pyridine rings is 1. The van der Waals surface area contributed by atoms with Gasteiger partial charge in [-0.05, 0) is 35.9 Å². The number of benzene rings is 1. The van der Waals surface area contributed by atoms with E-state index in [4.69, 9.17) is 16.7 Å². The molecule has 7 nitrogen and oxygen atoms in total. The molecule has 0 spiro atoms. The number of halogens is 1. The van der Waals surface area contributed by atoms with E-state index < -0.39 is 30.4 Å². The molecule has 2 rings (SSSR count). The molecule has 2 amide bonds. The number of rotatable bonds is 8. The molecule has 0 aliphatic carbocycles. The van der Waals surface area contributed by atoms with Crippen LogP contribution in [0, 0.1) is 0 Å². The molecule has 8 heteroatoms. The Bertz CT molecular complexity index is 823. The number of amides is 2. The van der Waals surface area contributed by atoms with Crippen LogP contribution in [-0.4, -0.2) is 34.4 Å². The quantitative estimate of drug-likeness (QED) is 0.602. The van der Waals surface area contributed by atoms with E-state index in [1.54, 1.807) is 54.7 Å². The summed E-state index contributed by atoms with van der Waals surface area (Å²) in [6, 6.07) is 11.4. The van der Waals surface area contributed by atoms with Gasteiger partial charge in [-0.1, -0.05) is 29.8 Å². The van der Waals surface area contributed by atoms with Crippen molar-refractivity contribution in [3.05, 3.63) is 71.0 Å². The second kappa shape index (κ2) is 10.1. The summed E-state index contributed by atoms with van der Waals surface area (Å²) in [5.41, 5.74) is 1.29. The van der Waals surface area contributed by atoms with Crippen molar-refractivity contribution in [2.75, 3.05) is 6.54 Å². The summed E-state index contributed by atoms with van der Waals surface area (Å²) in [6.45, 7) is -0.488. The number of hydrogen-bond donors (Lipinski definition) is 3. The van der Waals surface area contributed by atoms with Crippen LogP contribution >= 0.6 is 11.6 Å². The van der Waals surface area contributed by atoms with Crippen molar-refractivity contribution >= 4 is 35.5 Å². The number of aliphatic carboxylic acids is 1. The van der Waals surface area contributed by atoms with E-state index in [0.717, 1.165) is 5.56 Å². The molecule has 0 fully saturated rings. The predicted molar refractivity (Wildman–Crippen MR) is 101 cm³/mol. The van der Waals surface area contributed by atoms with Gasteiger partial charge in [-0.2, -0.15) is 0 Å². The Morgan fingerprint density at radius 1 is 1.15 bits per heavy atom. The van der Waals surface area contributed by atoms with Crippen molar-refractivity contribution in [3.8, 4) is 0 Å². The molecule has 1 heterocycles. The van der Waals surface area contributed by atoms with E-state index in [0.29, 0.717) is 10.7 Å². The number of carbonyl (C=O) groups excluding carboxylic acids is 2. The molecule has 0 saturated carbocycles. The molecule has 0 saturated heterocycles. The molecular weight excluding hydrogens is 370 g/mol. The fraction of sp³-hybridized carbons (Fsp3) is 0.158. The number of carboxylic acid groups (broad SMARTS) is 1. The Morgan fingerprint density at radius 3 is 2.52 bits per heavy atom. The van der Waals surface area contributed by atoms with Crippen LogP contribution < -0.4 is 10.6 Å². The lowest BCUT2D eigenvalue weighted by Gasteiger charge is -2.17. The monoisotopic (exact) mass is 387 g/mol. The van der Waals surface area contributed by atoms with Crippen molar-refractivity contribution in [2.45, 2.75) is 12.5 Å². The van der Waals surface area contributed by atoms with Crippen LogP contribution in [0.3, 0.4) is 0 Å². The summed E-state index contributed by atoms with van der Waals surface area (Å²) in [6.07, 6.45) is 4.37. The molecular formula is C19H18ClN3O4. The summed E-state index contributed by atoms with van der Waals surface area (Å²) in [5.74, 6) is -2.06. The zero-order valence-electron chi connectivity index (χ0n) is 14.3. The average molecular weight is 388 g/mol. The minimum atomic E-state index is -1.15. The van der Waals surface area contributed by atoms with Gasteiger partial charge < -0.3 is 15.7 Å². The maximum absolute atomic E-state index is 12.2. The van der Waals surface area contributed by atoms with Gasteiger partial charge in [-0.3, -0.25) is 19.4 Å². The molecule has 0 bridgehead atoms. The number of aromatic nitrogens is 1. The van der Waals surface area contributed by atoms with Gasteiger partial charge in [0.1, 0.15) is 6.54 Å². The van der Waals surface area contributed by atoms with Gasteiger partial charge in [-0.25, -0.2) is 0 Å². The molecule has 1 unspecified atom stereocenters. The first-order valence-electron chi connectivity index (χ1n) is 8.07. The fourth-order valence-corrected chi connectivity index (χ4v) is 2.34. The van der Waals surface area contributed by atoms with Crippen molar-refractivity contribution in [2.24, 2.45) is 0 Å². The molecule has 0 aliphatic rings. The highest BCUT2D eigenvalue weighted by atomic mass is 35.5. The normalized spacial score (nSPS) is 11.7. The van der Waals surface area contributed by atoms with Gasteiger partial charge in [0, 0.05) is 17.3 Å². The average Bonchev–Trinajstić information content (AvgIpc) is 2.66. The van der Waals surface area contributed by atoms with Crippen LogP contribution in [0.1, 0.15) is 23.7 Å². The summed E-state index contributed by atoms with van der Waals surface area (Å²) in [4.78, 5) is 38.9. The first-order valence-corrected chi connectivity index (χ1v) is 8.45. The molecule has 27 heavy (non-hydrogen) atoms. The van der Waals surface area contributed by atoms with E-state index in [2.05, 4.69) is 15.6 Å². The van der Waals surface area contributed by atoms with E-state index in [9.17, 15) is 14.4 Å². The summed E-state index contributed by atoms with van der Waals surface area (Å²) in [5, 5.41) is 14.2. The van der Waals surface area contributed by atoms with Crippen molar-refractivity contribution < 1.29 is 19.5 Å². The highest BCUT2D eigenvalue weighted by Gasteiger charge is 2.19. The lowest BCUT2D eigenvalue weighted by molar-refractivity contribution is -0.138. The summed E-state index contributed by atoms with van der Waals surface area (Å²) in [7, 11) is 0. The second-order valence-corrected chi connectivity index (χ2v) is 6.01. The minimum absolute atomic E-state index is 0.134. The second-order valence-electron chi connectivity index (χ2n) is 5.58. The summed E-state index contributed by atoms with van der Waals surface area (Å²) < 4.78 is 0. The third kappa shape index (κ3) is 7.29. The van der Waals surface area contributed by atoms with Crippen molar-refractivity contribution in [1.29, 1.82) is 0 Å². The van der Waals surface area contributed by atoms with Crippen LogP contribution in [0.25, 0.3) is 6.08 Å². The Labute approximate surface area is 161 Å². The number of carbonyl (C=O) groups is 3. The molecule has 1 aromatic carbocycles. The molecule has 3 N–H and O–H groups in total. The van der Waals surface area contributed by atoms with Gasteiger partial charge in [0.2, 0.25) is 11.8 Å². The lowest BCUT2D eigenvalue weighted by atomic mass is 10.1. The van der Waals surface area contributed by atoms with Gasteiger partial charge in [-0.15, -0.1) is 0 Å². The predicted octanol–water partition coefficient (Wildman–Crippen LogP) is 2.20. The third-order valence-corrected chi connectivity index (χ3v) is 3.74. The summed E-state index contributed by atoms with van der Waals surface area (Å²) >= 11 is 5.82. The van der Waals surface area contributed by atoms with Crippen molar-refractivity contribution in [3.63, 3.8) is 0 Å². The third-order valence-electron chi connectivity index (χ3n) is 3.48. The first kappa shape index (κ1) is 20.1. The van der Waals surface area contributed by atoms with Gasteiger partial charge in [0.25, 0.3) is 0 Å². The van der Waals surface area contributed by atoms with Crippen LogP contribution in [0.2, 0.25) is 5.02 Å². The van der Waals surface area contributed by atoms with E-state index >= 15 is 0 Å². The zero-order chi connectivity index (χ0) is 19.6. The topological polar surface area (TPSA) is 108 Å². The lowest BCUT2D eigenvalue weighted by Crippen LogP contribution is -2.35. The maximum Gasteiger partial charge on any atom is 0.322 e. The van der Waals surface area contributed by atoms with Crippen LogP contribution in [-0.2, 0) is 14.4 Å². The highest BCUT2D eigenvalue weighted by molar-refractivity contribution is 6.30. The Hall–Kier alpha value is -3.19. The van der Waals surface area contributed by atoms with Crippen LogP contribution in [0.15, 0.2) is 54.7 Å². The molecule has 0 radical (unpaired) electrons. The maximum atomic E-state index is 12.2. The van der Waals surface area contributed by atoms with E-state index in [-0.39, 0.29) is 6.42 Å². The number of nitrogens with zero attached hydrogens (tertiary/aromatic N) is 1. The fourth-order valence-electron chi connectivity index (χ4n) is 2.21. The SMILES string of the molecule is O=C(O)CNC(=O)CC(NC(=O)/C=C/c1ccc(Cl)cc1)c1ccccn1. The van der Waals surface area contributed by atoms with Gasteiger partial charge in [0.05, 0.1) is 18.2 Å². The largest absolute Gasteiger partial charge is 0.480 e. The first-order chi connectivity index (χ1) is 12.9. The minimum Gasteiger partial charge on any atom is -0.480 e. The molecule has 1 aromatic heterocycles. The van der Waals surface area contributed by atoms with E-state index in [1.165, 1.54) is 6.08 Å². The van der Waals surface area contributed by atoms with Crippen molar-refractivity contribution in [1.82, 2.24) is 15.6 Å². The zero-order valence-corrected chi connectivity index (χ0v) is 15.0. The van der Waals surface area contributed by atoms with Crippen LogP contribution in [0.5, 0.6) is 0 Å². The number of carboxylic acids is 1. The molecule has 1 atom stereocenters. The van der Waals surface area contributed by atoms with E-state index in [1.807, 2.05) is 0 Å². The molecule has 140 valence electrons. The molecule has 2 aromatic rings. The van der Waals surface area contributed by atoms with Gasteiger partial charge >= 0.3 is 5.97 Å². The molecule has 0 aliphatic heterocycles. The smallest absolute Gasteiger partial charge is 0.322 e. The number of nitrogens with one attached hydrogen (secondary N) is 2. The Morgan fingerprint density at radius 2 is 1.89 bits per heavy atom. The van der Waals surface area contributed by atoms with Gasteiger partial charge in [0.15, 0.2) is 0 Å². The standard InChI is InChI=1S/C19H18ClN3O4/c20-14-7-4-13(5-8-14)6-9-17(24)23-16(15-3-1-2-10-21-15)11-18(25)22-12-19(26)27/h1-10,16H,11-12H2,(H,22,25)(H,23,24)(H,26,27)/b9-6+. The Kier molecular flexibility index (Phi) is 7.51.